The van der Waals surface area contributed by atoms with Gasteiger partial charge in [0.2, 0.25) is 11.8 Å². The van der Waals surface area contributed by atoms with E-state index in [4.69, 9.17) is 0 Å². The first-order chi connectivity index (χ1) is 11.7. The maximum atomic E-state index is 12.5. The smallest absolute Gasteiger partial charge is 0.227 e. The number of carbonyl (C=O) groups is 2. The van der Waals surface area contributed by atoms with Gasteiger partial charge in [-0.15, -0.1) is 0 Å². The van der Waals surface area contributed by atoms with Gasteiger partial charge in [-0.25, -0.2) is 0 Å². The second-order valence-electron chi connectivity index (χ2n) is 7.48. The fourth-order valence-corrected chi connectivity index (χ4v) is 4.17. The van der Waals surface area contributed by atoms with Gasteiger partial charge in [-0.3, -0.25) is 9.59 Å². The van der Waals surface area contributed by atoms with Crippen LogP contribution in [-0.4, -0.2) is 85.4 Å². The number of piperazine rings is 1. The number of hydrogen-bond donors (Lipinski definition) is 1. The fourth-order valence-electron chi connectivity index (χ4n) is 4.17. The first-order valence-electron chi connectivity index (χ1n) is 9.67. The van der Waals surface area contributed by atoms with Crippen molar-refractivity contribution in [3.8, 4) is 0 Å². The van der Waals surface area contributed by atoms with Crippen LogP contribution in [0.4, 0.5) is 0 Å². The number of hydrogen-bond acceptors (Lipinski definition) is 4. The summed E-state index contributed by atoms with van der Waals surface area (Å²) in [6, 6.07) is 0. The topological polar surface area (TPSA) is 55.9 Å². The zero-order chi connectivity index (χ0) is 16.9. The number of nitrogens with zero attached hydrogens (tertiary/aromatic N) is 3. The quantitative estimate of drug-likeness (QED) is 0.807. The summed E-state index contributed by atoms with van der Waals surface area (Å²) in [6.45, 7) is 10.5. The summed E-state index contributed by atoms with van der Waals surface area (Å²) in [6.07, 6.45) is 3.60. The van der Waals surface area contributed by atoms with Gasteiger partial charge in [0, 0.05) is 52.2 Å². The standard InChI is InChI=1S/C18H32N4O2/c1-2-20-9-11-21(12-10-20)17(23)13-15-4-7-22(8-5-15)18(24)16-3-6-19-14-16/h15-16,19H,2-14H2,1H3. The molecule has 3 rings (SSSR count). The summed E-state index contributed by atoms with van der Waals surface area (Å²) in [5, 5.41) is 3.27. The molecule has 3 aliphatic rings. The molecule has 3 heterocycles. The first kappa shape index (κ1) is 17.7. The SMILES string of the molecule is CCN1CCN(C(=O)CC2CCN(C(=O)C3CCNC3)CC2)CC1. The van der Waals surface area contributed by atoms with E-state index in [1.54, 1.807) is 0 Å². The van der Waals surface area contributed by atoms with Gasteiger partial charge in [0.1, 0.15) is 0 Å². The van der Waals surface area contributed by atoms with E-state index in [0.29, 0.717) is 24.2 Å². The maximum Gasteiger partial charge on any atom is 0.227 e. The monoisotopic (exact) mass is 336 g/mol. The van der Waals surface area contributed by atoms with Gasteiger partial charge < -0.3 is 20.0 Å². The van der Waals surface area contributed by atoms with Crippen molar-refractivity contribution in [2.24, 2.45) is 11.8 Å². The Hall–Kier alpha value is -1.14. The third kappa shape index (κ3) is 4.28. The zero-order valence-corrected chi connectivity index (χ0v) is 15.0. The molecule has 136 valence electrons. The first-order valence-corrected chi connectivity index (χ1v) is 9.67. The molecule has 0 bridgehead atoms. The molecule has 0 aromatic carbocycles. The molecule has 0 spiro atoms. The molecule has 3 saturated heterocycles. The highest BCUT2D eigenvalue weighted by Gasteiger charge is 2.31. The van der Waals surface area contributed by atoms with E-state index in [1.807, 2.05) is 9.80 Å². The van der Waals surface area contributed by atoms with Gasteiger partial charge in [0.25, 0.3) is 0 Å². The minimum atomic E-state index is 0.179. The highest BCUT2D eigenvalue weighted by molar-refractivity contribution is 5.79. The molecular weight excluding hydrogens is 304 g/mol. The fraction of sp³-hybridized carbons (Fsp3) is 0.889. The largest absolute Gasteiger partial charge is 0.342 e. The van der Waals surface area contributed by atoms with Crippen molar-refractivity contribution in [2.45, 2.75) is 32.6 Å². The molecule has 0 saturated carbocycles. The van der Waals surface area contributed by atoms with E-state index in [1.165, 1.54) is 0 Å². The highest BCUT2D eigenvalue weighted by atomic mass is 16.2. The van der Waals surface area contributed by atoms with Crippen molar-refractivity contribution in [3.63, 3.8) is 0 Å². The normalized spacial score (nSPS) is 26.8. The lowest BCUT2D eigenvalue weighted by Crippen LogP contribution is -2.49. The van der Waals surface area contributed by atoms with E-state index in [0.717, 1.165) is 78.2 Å². The van der Waals surface area contributed by atoms with Gasteiger partial charge in [0.05, 0.1) is 5.92 Å². The lowest BCUT2D eigenvalue weighted by molar-refractivity contribution is -0.137. The molecule has 1 N–H and O–H groups in total. The van der Waals surface area contributed by atoms with E-state index in [9.17, 15) is 9.59 Å². The minimum Gasteiger partial charge on any atom is -0.342 e. The van der Waals surface area contributed by atoms with Crippen LogP contribution in [0.3, 0.4) is 0 Å². The van der Waals surface area contributed by atoms with Crippen molar-refractivity contribution in [3.05, 3.63) is 0 Å². The molecule has 6 nitrogen and oxygen atoms in total. The van der Waals surface area contributed by atoms with Gasteiger partial charge in [-0.1, -0.05) is 6.92 Å². The van der Waals surface area contributed by atoms with Crippen LogP contribution in [0.25, 0.3) is 0 Å². The molecule has 1 unspecified atom stereocenters. The van der Waals surface area contributed by atoms with Gasteiger partial charge in [-0.2, -0.15) is 0 Å². The molecule has 0 aromatic heterocycles. The van der Waals surface area contributed by atoms with Crippen LogP contribution < -0.4 is 5.32 Å². The molecule has 0 aliphatic carbocycles. The molecule has 3 aliphatic heterocycles. The van der Waals surface area contributed by atoms with E-state index in [2.05, 4.69) is 17.1 Å². The molecule has 6 heteroatoms. The number of piperidine rings is 1. The Morgan fingerprint density at radius 1 is 0.958 bits per heavy atom. The summed E-state index contributed by atoms with van der Waals surface area (Å²) in [5.41, 5.74) is 0. The Labute approximate surface area is 145 Å². The van der Waals surface area contributed by atoms with Crippen LogP contribution in [0, 0.1) is 11.8 Å². The molecular formula is C18H32N4O2. The Morgan fingerprint density at radius 2 is 1.67 bits per heavy atom. The van der Waals surface area contributed by atoms with Gasteiger partial charge in [-0.05, 0) is 38.3 Å². The Balaban J connectivity index is 1.39. The third-order valence-corrected chi connectivity index (χ3v) is 5.97. The lowest BCUT2D eigenvalue weighted by atomic mass is 9.92. The van der Waals surface area contributed by atoms with Crippen LogP contribution in [0.5, 0.6) is 0 Å². The predicted molar refractivity (Wildman–Crippen MR) is 93.6 cm³/mol. The van der Waals surface area contributed by atoms with E-state index < -0.39 is 0 Å². The zero-order valence-electron chi connectivity index (χ0n) is 15.0. The van der Waals surface area contributed by atoms with Crippen LogP contribution >= 0.6 is 0 Å². The number of likely N-dealkylation sites (N-methyl/N-ethyl adjacent to an activating group) is 1. The number of amides is 2. The maximum absolute atomic E-state index is 12.5. The molecule has 0 aromatic rings. The summed E-state index contributed by atoms with van der Waals surface area (Å²) in [4.78, 5) is 31.4. The second-order valence-corrected chi connectivity index (χ2v) is 7.48. The highest BCUT2D eigenvalue weighted by Crippen LogP contribution is 2.24. The van der Waals surface area contributed by atoms with Crippen molar-refractivity contribution < 1.29 is 9.59 Å². The summed E-state index contributed by atoms with van der Waals surface area (Å²) >= 11 is 0. The number of nitrogens with one attached hydrogen (secondary N) is 1. The summed E-state index contributed by atoms with van der Waals surface area (Å²) < 4.78 is 0. The van der Waals surface area contributed by atoms with Crippen LogP contribution in [-0.2, 0) is 9.59 Å². The van der Waals surface area contributed by atoms with Crippen molar-refractivity contribution in [1.82, 2.24) is 20.0 Å². The van der Waals surface area contributed by atoms with Crippen LogP contribution in [0.2, 0.25) is 0 Å². The second kappa shape index (κ2) is 8.30. The van der Waals surface area contributed by atoms with Crippen molar-refractivity contribution in [2.75, 3.05) is 58.9 Å². The minimum absolute atomic E-state index is 0.179. The van der Waals surface area contributed by atoms with Crippen LogP contribution in [0.15, 0.2) is 0 Å². The summed E-state index contributed by atoms with van der Waals surface area (Å²) in [5.74, 6) is 1.27. The van der Waals surface area contributed by atoms with Crippen molar-refractivity contribution >= 4 is 11.8 Å². The van der Waals surface area contributed by atoms with Gasteiger partial charge in [0.15, 0.2) is 0 Å². The molecule has 2 amide bonds. The molecule has 0 radical (unpaired) electrons. The average molecular weight is 336 g/mol. The van der Waals surface area contributed by atoms with Gasteiger partial charge >= 0.3 is 0 Å². The molecule has 1 atom stereocenters. The Bertz CT molecular complexity index is 434. The van der Waals surface area contributed by atoms with E-state index >= 15 is 0 Å². The molecule has 3 fully saturated rings. The predicted octanol–water partition coefficient (Wildman–Crippen LogP) is 0.389. The summed E-state index contributed by atoms with van der Waals surface area (Å²) in [7, 11) is 0. The molecule has 24 heavy (non-hydrogen) atoms. The number of likely N-dealkylation sites (tertiary alicyclic amines) is 1. The number of rotatable bonds is 4. The Kier molecular flexibility index (Phi) is 6.11. The third-order valence-electron chi connectivity index (χ3n) is 5.97. The van der Waals surface area contributed by atoms with E-state index in [-0.39, 0.29) is 5.92 Å². The average Bonchev–Trinajstić information content (AvgIpc) is 3.16. The lowest BCUT2D eigenvalue weighted by Gasteiger charge is -2.36. The van der Waals surface area contributed by atoms with Crippen LogP contribution in [0.1, 0.15) is 32.6 Å². The van der Waals surface area contributed by atoms with Crippen molar-refractivity contribution in [1.29, 1.82) is 0 Å². The number of carbonyl (C=O) groups excluding carboxylic acids is 2. The Morgan fingerprint density at radius 3 is 2.25 bits per heavy atom.